The summed E-state index contributed by atoms with van der Waals surface area (Å²) >= 11 is 0. The Kier molecular flexibility index (Phi) is 4.04. The van der Waals surface area contributed by atoms with Gasteiger partial charge in [-0.1, -0.05) is 30.4 Å². The van der Waals surface area contributed by atoms with Gasteiger partial charge < -0.3 is 0 Å². The number of benzene rings is 1. The van der Waals surface area contributed by atoms with Crippen molar-refractivity contribution >= 4 is 5.78 Å². The van der Waals surface area contributed by atoms with E-state index >= 15 is 0 Å². The molecule has 0 saturated heterocycles. The first kappa shape index (κ1) is 11.4. The van der Waals surface area contributed by atoms with Gasteiger partial charge >= 0.3 is 0 Å². The first-order valence-corrected chi connectivity index (χ1v) is 5.04. The van der Waals surface area contributed by atoms with E-state index in [0.717, 1.165) is 29.5 Å². The SMILES string of the molecule is C=CCc1cccc(C(C)=O)c1CC=C. The Morgan fingerprint density at radius 2 is 1.93 bits per heavy atom. The van der Waals surface area contributed by atoms with Crippen LogP contribution in [-0.2, 0) is 12.8 Å². The Balaban J connectivity index is 3.26. The molecule has 15 heavy (non-hydrogen) atoms. The standard InChI is InChI=1S/C14H16O/c1-4-7-12-9-6-10-13(11(3)15)14(12)8-5-2/h4-6,9-10H,1-2,7-8H2,3H3. The highest BCUT2D eigenvalue weighted by atomic mass is 16.1. The summed E-state index contributed by atoms with van der Waals surface area (Å²) in [7, 11) is 0. The summed E-state index contributed by atoms with van der Waals surface area (Å²) in [5.41, 5.74) is 3.05. The van der Waals surface area contributed by atoms with Gasteiger partial charge in [0.15, 0.2) is 5.78 Å². The van der Waals surface area contributed by atoms with Crippen molar-refractivity contribution in [2.45, 2.75) is 19.8 Å². The molecule has 78 valence electrons. The molecule has 1 aromatic carbocycles. The third kappa shape index (κ3) is 2.66. The highest BCUT2D eigenvalue weighted by Gasteiger charge is 2.09. The predicted octanol–water partition coefficient (Wildman–Crippen LogP) is 3.35. The van der Waals surface area contributed by atoms with Crippen molar-refractivity contribution in [3.05, 3.63) is 60.2 Å². The first-order chi connectivity index (χ1) is 7.20. The van der Waals surface area contributed by atoms with Crippen molar-refractivity contribution in [3.8, 4) is 0 Å². The second kappa shape index (κ2) is 5.30. The van der Waals surface area contributed by atoms with E-state index in [0.29, 0.717) is 0 Å². The summed E-state index contributed by atoms with van der Waals surface area (Å²) in [5, 5.41) is 0. The number of carbonyl (C=O) groups excluding carboxylic acids is 1. The quantitative estimate of drug-likeness (QED) is 0.526. The third-order valence-corrected chi connectivity index (χ3v) is 2.37. The lowest BCUT2D eigenvalue weighted by molar-refractivity contribution is 0.101. The predicted molar refractivity (Wildman–Crippen MR) is 64.2 cm³/mol. The van der Waals surface area contributed by atoms with Gasteiger partial charge in [-0.15, -0.1) is 13.2 Å². The lowest BCUT2D eigenvalue weighted by Gasteiger charge is -2.10. The Bertz CT molecular complexity index is 388. The molecule has 0 spiro atoms. The zero-order valence-corrected chi connectivity index (χ0v) is 9.12. The largest absolute Gasteiger partial charge is 0.295 e. The minimum Gasteiger partial charge on any atom is -0.295 e. The maximum Gasteiger partial charge on any atom is 0.160 e. The fourth-order valence-electron chi connectivity index (χ4n) is 1.70. The second-order valence-corrected chi connectivity index (χ2v) is 3.49. The zero-order valence-electron chi connectivity index (χ0n) is 9.12. The van der Waals surface area contributed by atoms with Crippen LogP contribution in [0.25, 0.3) is 0 Å². The maximum atomic E-state index is 11.4. The smallest absolute Gasteiger partial charge is 0.160 e. The first-order valence-electron chi connectivity index (χ1n) is 5.04. The molecule has 0 radical (unpaired) electrons. The van der Waals surface area contributed by atoms with Gasteiger partial charge in [0.2, 0.25) is 0 Å². The van der Waals surface area contributed by atoms with Crippen LogP contribution in [0.15, 0.2) is 43.5 Å². The van der Waals surface area contributed by atoms with Crippen molar-refractivity contribution < 1.29 is 4.79 Å². The summed E-state index contributed by atoms with van der Waals surface area (Å²) in [6.07, 6.45) is 5.21. The number of carbonyl (C=O) groups is 1. The number of rotatable bonds is 5. The summed E-state index contributed by atoms with van der Waals surface area (Å²) in [4.78, 5) is 11.4. The molecule has 0 aliphatic heterocycles. The van der Waals surface area contributed by atoms with Gasteiger partial charge in [0.1, 0.15) is 0 Å². The molecule has 0 N–H and O–H groups in total. The Morgan fingerprint density at radius 3 is 2.47 bits per heavy atom. The number of Topliss-reactive ketones (excluding diaryl/α,β-unsaturated/α-hetero) is 1. The van der Waals surface area contributed by atoms with Crippen LogP contribution in [0.4, 0.5) is 0 Å². The molecule has 0 aromatic heterocycles. The van der Waals surface area contributed by atoms with Gasteiger partial charge in [-0.2, -0.15) is 0 Å². The minimum atomic E-state index is 0.109. The Morgan fingerprint density at radius 1 is 1.27 bits per heavy atom. The topological polar surface area (TPSA) is 17.1 Å². The summed E-state index contributed by atoms with van der Waals surface area (Å²) < 4.78 is 0. The highest BCUT2D eigenvalue weighted by molar-refractivity contribution is 5.96. The van der Waals surface area contributed by atoms with Crippen LogP contribution < -0.4 is 0 Å². The van der Waals surface area contributed by atoms with Crippen LogP contribution in [0, 0.1) is 0 Å². The number of hydrogen-bond acceptors (Lipinski definition) is 1. The molecule has 0 saturated carbocycles. The van der Waals surface area contributed by atoms with Gasteiger partial charge in [-0.3, -0.25) is 4.79 Å². The van der Waals surface area contributed by atoms with Crippen molar-refractivity contribution in [2.75, 3.05) is 0 Å². The fraction of sp³-hybridized carbons (Fsp3) is 0.214. The molecule has 1 aromatic rings. The molecule has 0 bridgehead atoms. The average molecular weight is 200 g/mol. The number of allylic oxidation sites excluding steroid dienone is 2. The van der Waals surface area contributed by atoms with Crippen LogP contribution in [0.1, 0.15) is 28.4 Å². The Hall–Kier alpha value is -1.63. The van der Waals surface area contributed by atoms with Crippen LogP contribution in [0.5, 0.6) is 0 Å². The fourth-order valence-corrected chi connectivity index (χ4v) is 1.70. The maximum absolute atomic E-state index is 11.4. The molecule has 0 fully saturated rings. The molecule has 0 unspecified atom stereocenters. The average Bonchev–Trinajstić information content (AvgIpc) is 2.21. The van der Waals surface area contributed by atoms with E-state index in [4.69, 9.17) is 0 Å². The van der Waals surface area contributed by atoms with E-state index < -0.39 is 0 Å². The van der Waals surface area contributed by atoms with Crippen molar-refractivity contribution in [3.63, 3.8) is 0 Å². The lowest BCUT2D eigenvalue weighted by atomic mass is 9.94. The van der Waals surface area contributed by atoms with E-state index in [2.05, 4.69) is 13.2 Å². The van der Waals surface area contributed by atoms with E-state index in [9.17, 15) is 4.79 Å². The monoisotopic (exact) mass is 200 g/mol. The van der Waals surface area contributed by atoms with E-state index in [1.807, 2.05) is 30.4 Å². The van der Waals surface area contributed by atoms with Gasteiger partial charge in [-0.25, -0.2) is 0 Å². The zero-order chi connectivity index (χ0) is 11.3. The van der Waals surface area contributed by atoms with Crippen LogP contribution in [-0.4, -0.2) is 5.78 Å². The molecule has 0 aliphatic rings. The van der Waals surface area contributed by atoms with Crippen molar-refractivity contribution in [1.29, 1.82) is 0 Å². The van der Waals surface area contributed by atoms with Crippen LogP contribution in [0.2, 0.25) is 0 Å². The molecule has 0 heterocycles. The molecule has 0 aliphatic carbocycles. The summed E-state index contributed by atoms with van der Waals surface area (Å²) in [5.74, 6) is 0.109. The van der Waals surface area contributed by atoms with Gasteiger partial charge in [0.05, 0.1) is 0 Å². The van der Waals surface area contributed by atoms with E-state index in [1.165, 1.54) is 0 Å². The van der Waals surface area contributed by atoms with Crippen LogP contribution >= 0.6 is 0 Å². The van der Waals surface area contributed by atoms with Crippen molar-refractivity contribution in [1.82, 2.24) is 0 Å². The molecule has 1 rings (SSSR count). The minimum absolute atomic E-state index is 0.109. The molecule has 1 heteroatoms. The second-order valence-electron chi connectivity index (χ2n) is 3.49. The van der Waals surface area contributed by atoms with E-state index in [-0.39, 0.29) is 5.78 Å². The molecule has 0 amide bonds. The third-order valence-electron chi connectivity index (χ3n) is 2.37. The summed E-state index contributed by atoms with van der Waals surface area (Å²) in [6.45, 7) is 9.04. The number of ketones is 1. The van der Waals surface area contributed by atoms with E-state index in [1.54, 1.807) is 6.92 Å². The Labute approximate surface area is 91.1 Å². The number of hydrogen-bond donors (Lipinski definition) is 0. The molecule has 1 nitrogen and oxygen atoms in total. The van der Waals surface area contributed by atoms with Crippen LogP contribution in [0.3, 0.4) is 0 Å². The molecular weight excluding hydrogens is 184 g/mol. The molecule has 0 atom stereocenters. The summed E-state index contributed by atoms with van der Waals surface area (Å²) in [6, 6.07) is 5.82. The van der Waals surface area contributed by atoms with Crippen molar-refractivity contribution in [2.24, 2.45) is 0 Å². The van der Waals surface area contributed by atoms with Gasteiger partial charge in [-0.05, 0) is 30.9 Å². The lowest BCUT2D eigenvalue weighted by Crippen LogP contribution is -2.02. The normalized spacial score (nSPS) is 9.67. The highest BCUT2D eigenvalue weighted by Crippen LogP contribution is 2.17. The molecular formula is C14H16O. The van der Waals surface area contributed by atoms with Gasteiger partial charge in [0.25, 0.3) is 0 Å². The van der Waals surface area contributed by atoms with Gasteiger partial charge in [0, 0.05) is 5.56 Å².